The molecule has 2 atom stereocenters. The van der Waals surface area contributed by atoms with E-state index in [4.69, 9.17) is 10.5 Å². The number of carbonyl (C=O) groups excluding carboxylic acids is 1. The van der Waals surface area contributed by atoms with Crippen LogP contribution in [0.25, 0.3) is 11.3 Å². The third-order valence-corrected chi connectivity index (χ3v) is 4.28. The van der Waals surface area contributed by atoms with Gasteiger partial charge >= 0.3 is 0 Å². The Morgan fingerprint density at radius 2 is 2.30 bits per heavy atom. The molecule has 1 saturated heterocycles. The zero-order valence-corrected chi connectivity index (χ0v) is 13.8. The van der Waals surface area contributed by atoms with E-state index < -0.39 is 6.10 Å². The number of ether oxygens (including phenoxy) is 1. The maximum atomic E-state index is 13.2. The summed E-state index contributed by atoms with van der Waals surface area (Å²) in [5, 5.41) is 5.00. The minimum Gasteiger partial charge on any atom is -0.364 e. The molecule has 0 radical (unpaired) electrons. The fourth-order valence-corrected chi connectivity index (χ4v) is 3.09. The van der Waals surface area contributed by atoms with Gasteiger partial charge in [0.05, 0.1) is 11.8 Å². The fourth-order valence-electron chi connectivity index (χ4n) is 2.37. The molecule has 0 aliphatic carbocycles. The van der Waals surface area contributed by atoms with E-state index in [0.717, 1.165) is 6.42 Å². The highest BCUT2D eigenvalue weighted by Gasteiger charge is 2.30. The number of nitrogens with one attached hydrogen (secondary N) is 1. The molecule has 5 nitrogen and oxygen atoms in total. The molecule has 2 aromatic rings. The van der Waals surface area contributed by atoms with Gasteiger partial charge in [-0.15, -0.1) is 23.7 Å². The first-order valence-corrected chi connectivity index (χ1v) is 7.91. The van der Waals surface area contributed by atoms with E-state index in [2.05, 4.69) is 10.3 Å². The van der Waals surface area contributed by atoms with Gasteiger partial charge in [-0.3, -0.25) is 10.1 Å². The maximum Gasteiger partial charge on any atom is 0.255 e. The van der Waals surface area contributed by atoms with Crippen LogP contribution in [-0.4, -0.2) is 29.6 Å². The van der Waals surface area contributed by atoms with Crippen LogP contribution in [0.1, 0.15) is 12.8 Å². The van der Waals surface area contributed by atoms with Crippen molar-refractivity contribution in [3.8, 4) is 11.3 Å². The Balaban J connectivity index is 0.00000192. The van der Waals surface area contributed by atoms with Crippen LogP contribution in [0.3, 0.4) is 0 Å². The molecule has 1 fully saturated rings. The number of aromatic nitrogens is 1. The zero-order valence-electron chi connectivity index (χ0n) is 12.2. The number of carbonyl (C=O) groups is 1. The van der Waals surface area contributed by atoms with Crippen molar-refractivity contribution < 1.29 is 13.9 Å². The molecule has 3 rings (SSSR count). The molecule has 1 aromatic carbocycles. The third-order valence-electron chi connectivity index (χ3n) is 3.52. The Kier molecular flexibility index (Phi) is 6.06. The molecule has 0 spiro atoms. The first-order valence-electron chi connectivity index (χ1n) is 7.03. The van der Waals surface area contributed by atoms with Crippen molar-refractivity contribution in [2.45, 2.75) is 25.0 Å². The number of thiazole rings is 1. The molecule has 1 aromatic heterocycles. The number of nitrogens with zero attached hydrogens (tertiary/aromatic N) is 1. The molecule has 2 heterocycles. The molecule has 1 aliphatic rings. The summed E-state index contributed by atoms with van der Waals surface area (Å²) >= 11 is 1.30. The van der Waals surface area contributed by atoms with Crippen LogP contribution < -0.4 is 11.1 Å². The van der Waals surface area contributed by atoms with Gasteiger partial charge in [0, 0.05) is 17.5 Å². The SMILES string of the molecule is Cl.NC[C@H]1CC[C@@H](C(=O)Nc2nc(-c3cccc(F)c3)cs2)O1. The van der Waals surface area contributed by atoms with Crippen molar-refractivity contribution in [3.05, 3.63) is 35.5 Å². The topological polar surface area (TPSA) is 77.2 Å². The Morgan fingerprint density at radius 3 is 3.00 bits per heavy atom. The number of anilines is 1. The lowest BCUT2D eigenvalue weighted by molar-refractivity contribution is -0.126. The molecule has 0 bridgehead atoms. The molecule has 0 saturated carbocycles. The van der Waals surface area contributed by atoms with E-state index in [0.29, 0.717) is 29.4 Å². The van der Waals surface area contributed by atoms with Crippen LogP contribution in [0, 0.1) is 5.82 Å². The summed E-state index contributed by atoms with van der Waals surface area (Å²) in [7, 11) is 0. The summed E-state index contributed by atoms with van der Waals surface area (Å²) in [6.07, 6.45) is 0.932. The summed E-state index contributed by atoms with van der Waals surface area (Å²) in [5.41, 5.74) is 6.84. The monoisotopic (exact) mass is 357 g/mol. The van der Waals surface area contributed by atoms with Gasteiger partial charge in [-0.05, 0) is 25.0 Å². The van der Waals surface area contributed by atoms with Gasteiger partial charge in [-0.25, -0.2) is 9.37 Å². The van der Waals surface area contributed by atoms with Crippen LogP contribution in [0.2, 0.25) is 0 Å². The van der Waals surface area contributed by atoms with E-state index in [1.165, 1.54) is 23.5 Å². The quantitative estimate of drug-likeness (QED) is 0.882. The average molecular weight is 358 g/mol. The van der Waals surface area contributed by atoms with Crippen molar-refractivity contribution in [1.82, 2.24) is 4.98 Å². The van der Waals surface area contributed by atoms with Gasteiger partial charge in [0.15, 0.2) is 5.13 Å². The lowest BCUT2D eigenvalue weighted by atomic mass is 10.2. The summed E-state index contributed by atoms with van der Waals surface area (Å²) in [6, 6.07) is 6.19. The van der Waals surface area contributed by atoms with Crippen molar-refractivity contribution in [3.63, 3.8) is 0 Å². The van der Waals surface area contributed by atoms with Gasteiger partial charge in [0.1, 0.15) is 11.9 Å². The second-order valence-corrected chi connectivity index (χ2v) is 5.96. The second kappa shape index (κ2) is 7.83. The fraction of sp³-hybridized carbons (Fsp3) is 0.333. The molecule has 1 amide bonds. The molecule has 3 N–H and O–H groups in total. The van der Waals surface area contributed by atoms with Crippen molar-refractivity contribution in [2.24, 2.45) is 5.73 Å². The Hall–Kier alpha value is -1.54. The number of hydrogen-bond acceptors (Lipinski definition) is 5. The highest BCUT2D eigenvalue weighted by atomic mass is 35.5. The molecule has 124 valence electrons. The van der Waals surface area contributed by atoms with E-state index >= 15 is 0 Å². The first kappa shape index (κ1) is 17.8. The van der Waals surface area contributed by atoms with Crippen LogP contribution in [0.15, 0.2) is 29.6 Å². The highest BCUT2D eigenvalue weighted by molar-refractivity contribution is 7.14. The van der Waals surface area contributed by atoms with E-state index in [1.807, 2.05) is 0 Å². The van der Waals surface area contributed by atoms with Crippen LogP contribution in [-0.2, 0) is 9.53 Å². The van der Waals surface area contributed by atoms with Crippen molar-refractivity contribution >= 4 is 34.8 Å². The van der Waals surface area contributed by atoms with E-state index in [-0.39, 0.29) is 30.2 Å². The van der Waals surface area contributed by atoms with Gasteiger partial charge in [-0.2, -0.15) is 0 Å². The summed E-state index contributed by atoms with van der Waals surface area (Å²) in [5.74, 6) is -0.528. The third kappa shape index (κ3) is 4.26. The molecule has 0 unspecified atom stereocenters. The Bertz CT molecular complexity index is 682. The zero-order chi connectivity index (χ0) is 15.5. The highest BCUT2D eigenvalue weighted by Crippen LogP contribution is 2.26. The molecule has 8 heteroatoms. The number of amides is 1. The Labute approximate surface area is 143 Å². The van der Waals surface area contributed by atoms with Gasteiger partial charge in [0.2, 0.25) is 0 Å². The second-order valence-electron chi connectivity index (χ2n) is 5.10. The molecule has 1 aliphatic heterocycles. The molecule has 23 heavy (non-hydrogen) atoms. The van der Waals surface area contributed by atoms with Gasteiger partial charge < -0.3 is 10.5 Å². The first-order chi connectivity index (χ1) is 10.7. The van der Waals surface area contributed by atoms with Crippen LogP contribution in [0.5, 0.6) is 0 Å². The van der Waals surface area contributed by atoms with Crippen molar-refractivity contribution in [2.75, 3.05) is 11.9 Å². The van der Waals surface area contributed by atoms with Crippen LogP contribution >= 0.6 is 23.7 Å². The molecular formula is C15H17ClFN3O2S. The lowest BCUT2D eigenvalue weighted by Gasteiger charge is -2.11. The largest absolute Gasteiger partial charge is 0.364 e. The Morgan fingerprint density at radius 1 is 1.48 bits per heavy atom. The smallest absolute Gasteiger partial charge is 0.255 e. The van der Waals surface area contributed by atoms with Gasteiger partial charge in [0.25, 0.3) is 5.91 Å². The lowest BCUT2D eigenvalue weighted by Crippen LogP contribution is -2.29. The summed E-state index contributed by atoms with van der Waals surface area (Å²) in [4.78, 5) is 16.4. The number of halogens is 2. The minimum atomic E-state index is -0.477. The standard InChI is InChI=1S/C15H16FN3O2S.ClH/c16-10-3-1-2-9(6-10)12-8-22-15(18-12)19-14(20)13-5-4-11(7-17)21-13;/h1-3,6,8,11,13H,4-5,7,17H2,(H,18,19,20);1H/t11-,13+;/m1./s1. The van der Waals surface area contributed by atoms with Crippen molar-refractivity contribution in [1.29, 1.82) is 0 Å². The minimum absolute atomic E-state index is 0. The maximum absolute atomic E-state index is 13.2. The summed E-state index contributed by atoms with van der Waals surface area (Å²) < 4.78 is 18.8. The normalized spacial score (nSPS) is 20.1. The predicted molar refractivity (Wildman–Crippen MR) is 90.3 cm³/mol. The summed E-state index contributed by atoms with van der Waals surface area (Å²) in [6.45, 7) is 0.421. The molecular weight excluding hydrogens is 341 g/mol. The average Bonchev–Trinajstić information content (AvgIpc) is 3.16. The number of benzene rings is 1. The van der Waals surface area contributed by atoms with Gasteiger partial charge in [-0.1, -0.05) is 12.1 Å². The number of hydrogen-bond donors (Lipinski definition) is 2. The van der Waals surface area contributed by atoms with E-state index in [1.54, 1.807) is 17.5 Å². The number of nitrogens with two attached hydrogens (primary N) is 1. The number of rotatable bonds is 4. The van der Waals surface area contributed by atoms with E-state index in [9.17, 15) is 9.18 Å². The van der Waals surface area contributed by atoms with Crippen LogP contribution in [0.4, 0.5) is 9.52 Å². The predicted octanol–water partition coefficient (Wildman–Crippen LogP) is 2.82.